The molecule has 1 aromatic heterocycles. The van der Waals surface area contributed by atoms with Crippen LogP contribution in [0.2, 0.25) is 0 Å². The number of nitrogens with one attached hydrogen (secondary N) is 2. The second-order valence-electron chi connectivity index (χ2n) is 6.55. The number of benzene rings is 2. The first-order valence-electron chi connectivity index (χ1n) is 9.28. The SMILES string of the molecule is CCc1ccccc1NC(=O)c1nnn(CC(=O)NCc2ccc(F)cc2)c1C. The molecule has 3 rings (SSSR count). The molecule has 0 aliphatic rings. The lowest BCUT2D eigenvalue weighted by Gasteiger charge is -2.09. The summed E-state index contributed by atoms with van der Waals surface area (Å²) in [6.45, 7) is 3.90. The second kappa shape index (κ2) is 9.09. The van der Waals surface area contributed by atoms with Gasteiger partial charge < -0.3 is 10.6 Å². The summed E-state index contributed by atoms with van der Waals surface area (Å²) in [6, 6.07) is 13.4. The van der Waals surface area contributed by atoms with E-state index in [0.717, 1.165) is 23.2 Å². The van der Waals surface area contributed by atoms with Gasteiger partial charge in [0, 0.05) is 12.2 Å². The predicted octanol–water partition coefficient (Wildman–Crippen LogP) is 2.86. The third-order valence-corrected chi connectivity index (χ3v) is 4.54. The van der Waals surface area contributed by atoms with Gasteiger partial charge in [0.2, 0.25) is 5.91 Å². The molecular weight excluding hydrogens is 373 g/mol. The standard InChI is InChI=1S/C21H22FN5O2/c1-3-16-6-4-5-7-18(16)24-21(29)20-14(2)27(26-25-20)13-19(28)23-12-15-8-10-17(22)11-9-15/h4-11H,3,12-13H2,1-2H3,(H,23,28)(H,24,29). The average molecular weight is 395 g/mol. The quantitative estimate of drug-likeness (QED) is 0.644. The Morgan fingerprint density at radius 3 is 2.55 bits per heavy atom. The second-order valence-corrected chi connectivity index (χ2v) is 6.55. The normalized spacial score (nSPS) is 10.6. The molecule has 2 N–H and O–H groups in total. The van der Waals surface area contributed by atoms with E-state index in [1.807, 2.05) is 31.2 Å². The number of rotatable bonds is 7. The molecule has 2 aromatic carbocycles. The van der Waals surface area contributed by atoms with Crippen molar-refractivity contribution in [1.82, 2.24) is 20.3 Å². The maximum absolute atomic E-state index is 12.9. The van der Waals surface area contributed by atoms with Gasteiger partial charge in [-0.15, -0.1) is 5.10 Å². The lowest BCUT2D eigenvalue weighted by atomic mass is 10.1. The molecule has 0 spiro atoms. The molecule has 0 aliphatic carbocycles. The van der Waals surface area contributed by atoms with Crippen molar-refractivity contribution >= 4 is 17.5 Å². The Hall–Kier alpha value is -3.55. The van der Waals surface area contributed by atoms with Crippen LogP contribution >= 0.6 is 0 Å². The van der Waals surface area contributed by atoms with Gasteiger partial charge >= 0.3 is 0 Å². The van der Waals surface area contributed by atoms with Gasteiger partial charge in [-0.1, -0.05) is 42.5 Å². The summed E-state index contributed by atoms with van der Waals surface area (Å²) >= 11 is 0. The zero-order valence-electron chi connectivity index (χ0n) is 16.3. The lowest BCUT2D eigenvalue weighted by molar-refractivity contribution is -0.122. The first-order chi connectivity index (χ1) is 14.0. The molecule has 0 bridgehead atoms. The van der Waals surface area contributed by atoms with Crippen molar-refractivity contribution in [3.8, 4) is 0 Å². The molecule has 7 nitrogen and oxygen atoms in total. The first kappa shape index (κ1) is 20.2. The van der Waals surface area contributed by atoms with Crippen LogP contribution in [0.25, 0.3) is 0 Å². The Morgan fingerprint density at radius 1 is 1.10 bits per heavy atom. The minimum absolute atomic E-state index is 0.0706. The van der Waals surface area contributed by atoms with Gasteiger partial charge in [-0.25, -0.2) is 9.07 Å². The Morgan fingerprint density at radius 2 is 1.83 bits per heavy atom. The molecule has 0 unspecified atom stereocenters. The van der Waals surface area contributed by atoms with Crippen LogP contribution in [0.15, 0.2) is 48.5 Å². The van der Waals surface area contributed by atoms with Crippen molar-refractivity contribution in [2.24, 2.45) is 0 Å². The number of amides is 2. The molecule has 0 fully saturated rings. The molecular formula is C21H22FN5O2. The number of nitrogens with zero attached hydrogens (tertiary/aromatic N) is 3. The zero-order chi connectivity index (χ0) is 20.8. The third kappa shape index (κ3) is 5.04. The minimum atomic E-state index is -0.374. The van der Waals surface area contributed by atoms with Crippen molar-refractivity contribution in [2.75, 3.05) is 5.32 Å². The summed E-state index contributed by atoms with van der Waals surface area (Å²) in [5.74, 6) is -0.988. The molecule has 0 saturated heterocycles. The van der Waals surface area contributed by atoms with E-state index in [0.29, 0.717) is 5.69 Å². The molecule has 3 aromatic rings. The fraction of sp³-hybridized carbons (Fsp3) is 0.238. The Balaban J connectivity index is 1.61. The van der Waals surface area contributed by atoms with Crippen molar-refractivity contribution in [3.63, 3.8) is 0 Å². The number of anilines is 1. The van der Waals surface area contributed by atoms with E-state index in [2.05, 4.69) is 20.9 Å². The number of hydrogen-bond acceptors (Lipinski definition) is 4. The van der Waals surface area contributed by atoms with E-state index in [9.17, 15) is 14.0 Å². The highest BCUT2D eigenvalue weighted by Crippen LogP contribution is 2.17. The Bertz CT molecular complexity index is 1010. The third-order valence-electron chi connectivity index (χ3n) is 4.54. The number of aromatic nitrogens is 3. The van der Waals surface area contributed by atoms with Crippen LogP contribution in [-0.4, -0.2) is 26.8 Å². The van der Waals surface area contributed by atoms with Crippen LogP contribution in [0.4, 0.5) is 10.1 Å². The monoisotopic (exact) mass is 395 g/mol. The molecule has 0 radical (unpaired) electrons. The van der Waals surface area contributed by atoms with E-state index in [-0.39, 0.29) is 36.4 Å². The van der Waals surface area contributed by atoms with Gasteiger partial charge in [-0.05, 0) is 42.7 Å². The van der Waals surface area contributed by atoms with Gasteiger partial charge in [0.15, 0.2) is 5.69 Å². The predicted molar refractivity (Wildman–Crippen MR) is 107 cm³/mol. The Labute approximate surface area is 167 Å². The van der Waals surface area contributed by atoms with E-state index in [4.69, 9.17) is 0 Å². The van der Waals surface area contributed by atoms with Gasteiger partial charge in [-0.3, -0.25) is 9.59 Å². The maximum Gasteiger partial charge on any atom is 0.278 e. The number of hydrogen-bond donors (Lipinski definition) is 2. The van der Waals surface area contributed by atoms with Crippen LogP contribution in [-0.2, 0) is 24.3 Å². The van der Waals surface area contributed by atoms with Crippen LogP contribution in [0.5, 0.6) is 0 Å². The van der Waals surface area contributed by atoms with Crippen molar-refractivity contribution in [2.45, 2.75) is 33.4 Å². The summed E-state index contributed by atoms with van der Waals surface area (Å²) in [6.07, 6.45) is 0.788. The van der Waals surface area contributed by atoms with Gasteiger partial charge in [0.05, 0.1) is 5.69 Å². The first-order valence-corrected chi connectivity index (χ1v) is 9.28. The molecule has 150 valence electrons. The molecule has 0 aliphatic heterocycles. The zero-order valence-corrected chi connectivity index (χ0v) is 16.3. The molecule has 1 heterocycles. The number of halogens is 1. The van der Waals surface area contributed by atoms with Gasteiger partial charge in [0.25, 0.3) is 5.91 Å². The van der Waals surface area contributed by atoms with Crippen LogP contribution in [0.1, 0.15) is 34.2 Å². The summed E-state index contributed by atoms with van der Waals surface area (Å²) < 4.78 is 14.3. The minimum Gasteiger partial charge on any atom is -0.350 e. The largest absolute Gasteiger partial charge is 0.350 e. The fourth-order valence-electron chi connectivity index (χ4n) is 2.85. The van der Waals surface area contributed by atoms with Crippen LogP contribution in [0.3, 0.4) is 0 Å². The van der Waals surface area contributed by atoms with Crippen LogP contribution < -0.4 is 10.6 Å². The summed E-state index contributed by atoms with van der Waals surface area (Å²) in [4.78, 5) is 24.8. The van der Waals surface area contributed by atoms with Gasteiger partial charge in [-0.2, -0.15) is 0 Å². The number of para-hydroxylation sites is 1. The molecule has 0 saturated carbocycles. The number of aryl methyl sites for hydroxylation is 1. The lowest BCUT2D eigenvalue weighted by Crippen LogP contribution is -2.28. The summed E-state index contributed by atoms with van der Waals surface area (Å²) in [5.41, 5.74) is 3.19. The van der Waals surface area contributed by atoms with Crippen molar-refractivity contribution in [1.29, 1.82) is 0 Å². The van der Waals surface area contributed by atoms with Crippen LogP contribution in [0, 0.1) is 12.7 Å². The molecule has 2 amide bonds. The van der Waals surface area contributed by atoms with E-state index in [1.165, 1.54) is 16.8 Å². The van der Waals surface area contributed by atoms with Crippen molar-refractivity contribution in [3.05, 3.63) is 76.9 Å². The van der Waals surface area contributed by atoms with Crippen molar-refractivity contribution < 1.29 is 14.0 Å². The summed E-state index contributed by atoms with van der Waals surface area (Å²) in [7, 11) is 0. The fourth-order valence-corrected chi connectivity index (χ4v) is 2.85. The topological polar surface area (TPSA) is 88.9 Å². The Kier molecular flexibility index (Phi) is 6.33. The highest BCUT2D eigenvalue weighted by molar-refractivity contribution is 6.04. The maximum atomic E-state index is 12.9. The highest BCUT2D eigenvalue weighted by Gasteiger charge is 2.18. The number of carbonyl (C=O) groups excluding carboxylic acids is 2. The van der Waals surface area contributed by atoms with Gasteiger partial charge in [0.1, 0.15) is 12.4 Å². The van der Waals surface area contributed by atoms with E-state index >= 15 is 0 Å². The smallest absolute Gasteiger partial charge is 0.278 e. The molecule has 29 heavy (non-hydrogen) atoms. The highest BCUT2D eigenvalue weighted by atomic mass is 19.1. The molecule has 0 atom stereocenters. The average Bonchev–Trinajstić information content (AvgIpc) is 3.08. The number of carbonyl (C=O) groups is 2. The van der Waals surface area contributed by atoms with E-state index in [1.54, 1.807) is 19.1 Å². The summed E-state index contributed by atoms with van der Waals surface area (Å²) in [5, 5.41) is 13.4. The van der Waals surface area contributed by atoms with E-state index < -0.39 is 0 Å². The molecule has 8 heteroatoms.